The number of nitrogens with one attached hydrogen (secondary N) is 1. The fourth-order valence-corrected chi connectivity index (χ4v) is 5.14. The Labute approximate surface area is 186 Å². The molecule has 0 fully saturated rings. The summed E-state index contributed by atoms with van der Waals surface area (Å²) in [5, 5.41) is 13.8. The lowest BCUT2D eigenvalue weighted by atomic mass is 10.2. The number of hydrogen-bond acceptors (Lipinski definition) is 7. The summed E-state index contributed by atoms with van der Waals surface area (Å²) in [6.45, 7) is 4.70. The van der Waals surface area contributed by atoms with E-state index in [-0.39, 0.29) is 11.7 Å². The number of nitrogens with zero attached hydrogens (tertiary/aromatic N) is 4. The highest BCUT2D eigenvalue weighted by Crippen LogP contribution is 2.30. The molecule has 0 bridgehead atoms. The van der Waals surface area contributed by atoms with Gasteiger partial charge in [0, 0.05) is 11.9 Å². The van der Waals surface area contributed by atoms with Crippen molar-refractivity contribution in [2.75, 3.05) is 11.1 Å². The maximum Gasteiger partial charge on any atom is 0.236 e. The summed E-state index contributed by atoms with van der Waals surface area (Å²) < 4.78 is 8.95. The number of thioether (sulfide) groups is 1. The number of para-hydroxylation sites is 2. The zero-order valence-electron chi connectivity index (χ0n) is 17.0. The second-order valence-corrected chi connectivity index (χ2v) is 8.95. The molecule has 9 heteroatoms. The van der Waals surface area contributed by atoms with Crippen LogP contribution in [0.5, 0.6) is 0 Å². The predicted molar refractivity (Wildman–Crippen MR) is 125 cm³/mol. The first-order valence-electron chi connectivity index (χ1n) is 9.83. The monoisotopic (exact) mass is 449 g/mol. The van der Waals surface area contributed by atoms with Gasteiger partial charge in [-0.15, -0.1) is 10.2 Å². The van der Waals surface area contributed by atoms with Crippen LogP contribution < -0.4 is 5.32 Å². The number of anilines is 1. The molecule has 7 nitrogen and oxygen atoms in total. The normalized spacial score (nSPS) is 11.4. The first-order valence-corrected chi connectivity index (χ1v) is 11.6. The number of carbonyl (C=O) groups excluding carboxylic acids is 1. The highest BCUT2D eigenvalue weighted by molar-refractivity contribution is 7.99. The molecule has 0 atom stereocenters. The first kappa shape index (κ1) is 19.8. The van der Waals surface area contributed by atoms with E-state index in [1.807, 2.05) is 66.9 Å². The molecule has 0 aliphatic carbocycles. The van der Waals surface area contributed by atoms with Crippen molar-refractivity contribution in [1.29, 1.82) is 0 Å². The SMILES string of the molecule is CCn1c(SCC(=O)Nc2nc3c(C)cccc3s2)nnc1-c1cc2ccccc2o1. The number of hydrogen-bond donors (Lipinski definition) is 1. The highest BCUT2D eigenvalue weighted by Gasteiger charge is 2.18. The van der Waals surface area contributed by atoms with Gasteiger partial charge in [0.05, 0.1) is 16.0 Å². The molecule has 1 N–H and O–H groups in total. The third kappa shape index (κ3) is 3.82. The molecule has 0 radical (unpaired) electrons. The molecular formula is C22H19N5O2S2. The molecule has 156 valence electrons. The molecule has 3 aromatic heterocycles. The Morgan fingerprint density at radius 1 is 1.19 bits per heavy atom. The number of furan rings is 1. The molecule has 2 aromatic carbocycles. The third-order valence-electron chi connectivity index (χ3n) is 4.88. The van der Waals surface area contributed by atoms with Gasteiger partial charge in [-0.2, -0.15) is 0 Å². The topological polar surface area (TPSA) is 85.8 Å². The number of thiazole rings is 1. The molecule has 5 aromatic rings. The van der Waals surface area contributed by atoms with Crippen molar-refractivity contribution in [2.24, 2.45) is 0 Å². The maximum atomic E-state index is 12.5. The molecule has 0 saturated carbocycles. The van der Waals surface area contributed by atoms with Gasteiger partial charge in [0.2, 0.25) is 11.7 Å². The second-order valence-electron chi connectivity index (χ2n) is 6.98. The van der Waals surface area contributed by atoms with E-state index in [4.69, 9.17) is 4.42 Å². The molecule has 0 spiro atoms. The van der Waals surface area contributed by atoms with Gasteiger partial charge in [0.25, 0.3) is 0 Å². The molecule has 3 heterocycles. The first-order chi connectivity index (χ1) is 15.1. The molecule has 0 aliphatic rings. The quantitative estimate of drug-likeness (QED) is 0.351. The van der Waals surface area contributed by atoms with Crippen LogP contribution in [0.2, 0.25) is 0 Å². The van der Waals surface area contributed by atoms with Gasteiger partial charge in [-0.1, -0.05) is 53.4 Å². The van der Waals surface area contributed by atoms with Gasteiger partial charge in [-0.3, -0.25) is 9.36 Å². The van der Waals surface area contributed by atoms with Crippen LogP contribution in [0.4, 0.5) is 5.13 Å². The van der Waals surface area contributed by atoms with Crippen LogP contribution in [0.25, 0.3) is 32.8 Å². The van der Waals surface area contributed by atoms with Gasteiger partial charge < -0.3 is 9.73 Å². The van der Waals surface area contributed by atoms with Crippen molar-refractivity contribution in [3.05, 3.63) is 54.1 Å². The molecule has 1 amide bonds. The fraction of sp³-hybridized carbons (Fsp3) is 0.182. The lowest BCUT2D eigenvalue weighted by molar-refractivity contribution is -0.113. The van der Waals surface area contributed by atoms with Crippen LogP contribution in [0, 0.1) is 6.92 Å². The largest absolute Gasteiger partial charge is 0.453 e. The van der Waals surface area contributed by atoms with Crippen LogP contribution in [0.15, 0.2) is 58.1 Å². The molecule has 31 heavy (non-hydrogen) atoms. The third-order valence-corrected chi connectivity index (χ3v) is 6.78. The molecule has 0 aliphatic heterocycles. The summed E-state index contributed by atoms with van der Waals surface area (Å²) in [5.74, 6) is 1.41. The Morgan fingerprint density at radius 2 is 2.06 bits per heavy atom. The van der Waals surface area contributed by atoms with Gasteiger partial charge in [-0.25, -0.2) is 4.98 Å². The smallest absolute Gasteiger partial charge is 0.236 e. The van der Waals surface area contributed by atoms with Crippen LogP contribution in [0.1, 0.15) is 12.5 Å². The lowest BCUT2D eigenvalue weighted by Gasteiger charge is -2.05. The summed E-state index contributed by atoms with van der Waals surface area (Å²) >= 11 is 2.82. The summed E-state index contributed by atoms with van der Waals surface area (Å²) in [7, 11) is 0. The zero-order chi connectivity index (χ0) is 21.4. The van der Waals surface area contributed by atoms with E-state index in [9.17, 15) is 4.79 Å². The van der Waals surface area contributed by atoms with Crippen molar-refractivity contribution in [3.63, 3.8) is 0 Å². The Morgan fingerprint density at radius 3 is 2.87 bits per heavy atom. The van der Waals surface area contributed by atoms with E-state index in [1.165, 1.54) is 23.1 Å². The second kappa shape index (κ2) is 8.16. The summed E-state index contributed by atoms with van der Waals surface area (Å²) in [4.78, 5) is 17.0. The highest BCUT2D eigenvalue weighted by atomic mass is 32.2. The van der Waals surface area contributed by atoms with Crippen molar-refractivity contribution in [1.82, 2.24) is 19.7 Å². The van der Waals surface area contributed by atoms with Crippen LogP contribution in [-0.4, -0.2) is 31.4 Å². The number of benzene rings is 2. The van der Waals surface area contributed by atoms with Crippen molar-refractivity contribution in [2.45, 2.75) is 25.5 Å². The van der Waals surface area contributed by atoms with Gasteiger partial charge in [-0.05, 0) is 37.6 Å². The van der Waals surface area contributed by atoms with Crippen molar-refractivity contribution >= 4 is 55.3 Å². The molecule has 0 saturated heterocycles. The van der Waals surface area contributed by atoms with Crippen LogP contribution in [0.3, 0.4) is 0 Å². The maximum absolute atomic E-state index is 12.5. The van der Waals surface area contributed by atoms with E-state index in [0.717, 1.165) is 26.7 Å². The van der Waals surface area contributed by atoms with Crippen molar-refractivity contribution < 1.29 is 9.21 Å². The molecular weight excluding hydrogens is 430 g/mol. The van der Waals surface area contributed by atoms with E-state index in [2.05, 4.69) is 20.5 Å². The number of aryl methyl sites for hydroxylation is 1. The van der Waals surface area contributed by atoms with E-state index in [1.54, 1.807) is 0 Å². The number of rotatable bonds is 6. The molecule has 5 rings (SSSR count). The Kier molecular flexibility index (Phi) is 5.21. The van der Waals surface area contributed by atoms with E-state index < -0.39 is 0 Å². The molecule has 0 unspecified atom stereocenters. The Bertz CT molecular complexity index is 1370. The number of fused-ring (bicyclic) bond motifs is 2. The number of aromatic nitrogens is 4. The van der Waals surface area contributed by atoms with Gasteiger partial charge >= 0.3 is 0 Å². The predicted octanol–water partition coefficient (Wildman–Crippen LogP) is 5.36. The average Bonchev–Trinajstić information content (AvgIpc) is 3.48. The summed E-state index contributed by atoms with van der Waals surface area (Å²) in [6, 6.07) is 15.8. The average molecular weight is 450 g/mol. The minimum Gasteiger partial charge on any atom is -0.453 e. The minimum atomic E-state index is -0.127. The van der Waals surface area contributed by atoms with Gasteiger partial charge in [0.15, 0.2) is 16.0 Å². The number of carbonyl (C=O) groups is 1. The number of amides is 1. The Balaban J connectivity index is 1.30. The van der Waals surface area contributed by atoms with Crippen LogP contribution >= 0.6 is 23.1 Å². The Hall–Kier alpha value is -3.17. The van der Waals surface area contributed by atoms with Crippen molar-refractivity contribution in [3.8, 4) is 11.6 Å². The van der Waals surface area contributed by atoms with Gasteiger partial charge in [0.1, 0.15) is 5.58 Å². The summed E-state index contributed by atoms with van der Waals surface area (Å²) in [5.41, 5.74) is 2.83. The zero-order valence-corrected chi connectivity index (χ0v) is 18.6. The van der Waals surface area contributed by atoms with E-state index in [0.29, 0.717) is 28.4 Å². The summed E-state index contributed by atoms with van der Waals surface area (Å²) in [6.07, 6.45) is 0. The van der Waals surface area contributed by atoms with E-state index >= 15 is 0 Å². The lowest BCUT2D eigenvalue weighted by Crippen LogP contribution is -2.14. The minimum absolute atomic E-state index is 0.127. The van der Waals surface area contributed by atoms with Crippen LogP contribution in [-0.2, 0) is 11.3 Å². The standard InChI is InChI=1S/C22H19N5O2S2/c1-3-27-20(16-11-14-8-4-5-9-15(14)29-16)25-26-22(27)30-12-18(28)23-21-24-19-13(2)7-6-10-17(19)31-21/h4-11H,3,12H2,1-2H3,(H,23,24,28). The fourth-order valence-electron chi connectivity index (χ4n) is 3.38.